The van der Waals surface area contributed by atoms with Crippen molar-refractivity contribution in [2.75, 3.05) is 39.3 Å². The average Bonchev–Trinajstić information content (AvgIpc) is 3.47. The molecule has 1 aliphatic carbocycles. The van der Waals surface area contributed by atoms with E-state index in [-0.39, 0.29) is 30.7 Å². The topological polar surface area (TPSA) is 57.3 Å². The number of aromatic nitrogens is 1. The van der Waals surface area contributed by atoms with E-state index in [1.54, 1.807) is 0 Å². The molecule has 2 aliphatic rings. The van der Waals surface area contributed by atoms with Gasteiger partial charge in [-0.25, -0.2) is 0 Å². The van der Waals surface area contributed by atoms with Crippen LogP contribution in [0.4, 0.5) is 0 Å². The van der Waals surface area contributed by atoms with Crippen molar-refractivity contribution in [3.8, 4) is 0 Å². The second-order valence-corrected chi connectivity index (χ2v) is 7.24. The van der Waals surface area contributed by atoms with Gasteiger partial charge in [0.15, 0.2) is 0 Å². The van der Waals surface area contributed by atoms with Crippen LogP contribution in [0.15, 0.2) is 24.3 Å². The minimum Gasteiger partial charge on any atom is -0.351 e. The highest BCUT2D eigenvalue weighted by atomic mass is 35.5. The number of hydrogen-bond donors (Lipinski definition) is 2. The van der Waals surface area contributed by atoms with E-state index in [9.17, 15) is 4.79 Å². The van der Waals surface area contributed by atoms with Gasteiger partial charge >= 0.3 is 0 Å². The van der Waals surface area contributed by atoms with Crippen LogP contribution in [-0.2, 0) is 0 Å². The Morgan fingerprint density at radius 2 is 1.96 bits per heavy atom. The molecule has 2 N–H and O–H groups in total. The van der Waals surface area contributed by atoms with Gasteiger partial charge in [0.1, 0.15) is 0 Å². The summed E-state index contributed by atoms with van der Waals surface area (Å²) in [6, 6.07) is 8.19. The molecule has 1 aromatic heterocycles. The SMILES string of the molecule is Cc1ccc2nc(C3CC3)cc(C(=O)NCCN3CCNCC3)c2c1.Cl.Cl. The van der Waals surface area contributed by atoms with Crippen molar-refractivity contribution in [3.63, 3.8) is 0 Å². The first-order valence-electron chi connectivity index (χ1n) is 9.33. The van der Waals surface area contributed by atoms with Crippen molar-refractivity contribution in [2.24, 2.45) is 0 Å². The summed E-state index contributed by atoms with van der Waals surface area (Å²) < 4.78 is 0. The zero-order valence-corrected chi connectivity index (χ0v) is 17.3. The summed E-state index contributed by atoms with van der Waals surface area (Å²) in [6.07, 6.45) is 2.38. The molecule has 27 heavy (non-hydrogen) atoms. The van der Waals surface area contributed by atoms with Gasteiger partial charge in [-0.05, 0) is 38.0 Å². The van der Waals surface area contributed by atoms with E-state index in [1.165, 1.54) is 12.8 Å². The van der Waals surface area contributed by atoms with E-state index >= 15 is 0 Å². The number of pyridine rings is 1. The molecule has 5 nitrogen and oxygen atoms in total. The Hall–Kier alpha value is -1.40. The fourth-order valence-electron chi connectivity index (χ4n) is 3.49. The lowest BCUT2D eigenvalue weighted by molar-refractivity contribution is 0.0948. The molecule has 0 bridgehead atoms. The maximum atomic E-state index is 12.8. The molecule has 0 atom stereocenters. The van der Waals surface area contributed by atoms with Gasteiger partial charge in [0, 0.05) is 56.3 Å². The number of benzene rings is 1. The Balaban J connectivity index is 0.00000131. The van der Waals surface area contributed by atoms with Gasteiger partial charge in [-0.3, -0.25) is 14.7 Å². The van der Waals surface area contributed by atoms with Gasteiger partial charge in [0.2, 0.25) is 0 Å². The number of halogens is 2. The van der Waals surface area contributed by atoms with Crippen molar-refractivity contribution >= 4 is 41.6 Å². The summed E-state index contributed by atoms with van der Waals surface area (Å²) in [5.41, 5.74) is 3.94. The lowest BCUT2D eigenvalue weighted by Crippen LogP contribution is -2.46. The van der Waals surface area contributed by atoms with Crippen LogP contribution in [0.5, 0.6) is 0 Å². The molecule has 2 aromatic rings. The third-order valence-corrected chi connectivity index (χ3v) is 5.15. The molecular weight excluding hydrogens is 383 g/mol. The normalized spacial score (nSPS) is 17.1. The smallest absolute Gasteiger partial charge is 0.252 e. The molecule has 1 amide bonds. The zero-order valence-electron chi connectivity index (χ0n) is 15.7. The maximum absolute atomic E-state index is 12.8. The first kappa shape index (κ1) is 21.9. The predicted octanol–water partition coefficient (Wildman–Crippen LogP) is 2.90. The minimum absolute atomic E-state index is 0. The van der Waals surface area contributed by atoms with E-state index < -0.39 is 0 Å². The van der Waals surface area contributed by atoms with Crippen molar-refractivity contribution in [1.29, 1.82) is 0 Å². The van der Waals surface area contributed by atoms with Crippen LogP contribution in [0.3, 0.4) is 0 Å². The van der Waals surface area contributed by atoms with Gasteiger partial charge in [-0.1, -0.05) is 11.6 Å². The van der Waals surface area contributed by atoms with Gasteiger partial charge in [0.25, 0.3) is 5.91 Å². The van der Waals surface area contributed by atoms with E-state index in [4.69, 9.17) is 4.98 Å². The second kappa shape index (κ2) is 9.69. The third kappa shape index (κ3) is 5.32. The number of carbonyl (C=O) groups is 1. The maximum Gasteiger partial charge on any atom is 0.252 e. The Morgan fingerprint density at radius 3 is 2.67 bits per heavy atom. The Morgan fingerprint density at radius 1 is 1.22 bits per heavy atom. The van der Waals surface area contributed by atoms with Crippen LogP contribution < -0.4 is 10.6 Å². The van der Waals surface area contributed by atoms with E-state index in [1.807, 2.05) is 12.1 Å². The number of aryl methyl sites for hydroxylation is 1. The number of nitrogens with zero attached hydrogens (tertiary/aromatic N) is 2. The largest absolute Gasteiger partial charge is 0.351 e. The highest BCUT2D eigenvalue weighted by Gasteiger charge is 2.27. The van der Waals surface area contributed by atoms with E-state index in [2.05, 4.69) is 34.6 Å². The summed E-state index contributed by atoms with van der Waals surface area (Å²) in [5, 5.41) is 7.43. The van der Waals surface area contributed by atoms with Crippen molar-refractivity contribution in [2.45, 2.75) is 25.7 Å². The van der Waals surface area contributed by atoms with Crippen molar-refractivity contribution in [1.82, 2.24) is 20.5 Å². The van der Waals surface area contributed by atoms with Crippen LogP contribution in [0, 0.1) is 6.92 Å². The van der Waals surface area contributed by atoms with Crippen LogP contribution in [0.1, 0.15) is 40.4 Å². The standard InChI is InChI=1S/C20H26N4O.2ClH/c1-14-2-5-18-16(12-14)17(13-19(23-18)15-3-4-15)20(25)22-8-11-24-9-6-21-7-10-24;;/h2,5,12-13,15,21H,3-4,6-11H2,1H3,(H,22,25);2*1H. The molecule has 0 unspecified atom stereocenters. The van der Waals surface area contributed by atoms with Crippen molar-refractivity contribution < 1.29 is 4.79 Å². The van der Waals surface area contributed by atoms with Crippen molar-refractivity contribution in [3.05, 3.63) is 41.1 Å². The van der Waals surface area contributed by atoms with E-state index in [0.29, 0.717) is 12.5 Å². The number of carbonyl (C=O) groups excluding carboxylic acids is 1. The van der Waals surface area contributed by atoms with Crippen LogP contribution in [0.25, 0.3) is 10.9 Å². The quantitative estimate of drug-likeness (QED) is 0.795. The monoisotopic (exact) mass is 410 g/mol. The molecule has 148 valence electrons. The molecule has 0 spiro atoms. The average molecular weight is 411 g/mol. The van der Waals surface area contributed by atoms with Gasteiger partial charge in [-0.15, -0.1) is 24.8 Å². The fourth-order valence-corrected chi connectivity index (χ4v) is 3.49. The third-order valence-electron chi connectivity index (χ3n) is 5.15. The molecule has 7 heteroatoms. The van der Waals surface area contributed by atoms with Gasteiger partial charge < -0.3 is 10.6 Å². The van der Waals surface area contributed by atoms with Gasteiger partial charge in [-0.2, -0.15) is 0 Å². The van der Waals surface area contributed by atoms with Gasteiger partial charge in [0.05, 0.1) is 11.1 Å². The lowest BCUT2D eigenvalue weighted by atomic mass is 10.0. The number of nitrogens with one attached hydrogen (secondary N) is 2. The second-order valence-electron chi connectivity index (χ2n) is 7.24. The Bertz CT molecular complexity index is 789. The lowest BCUT2D eigenvalue weighted by Gasteiger charge is -2.27. The molecule has 4 rings (SSSR count). The Labute approximate surface area is 173 Å². The first-order chi connectivity index (χ1) is 12.2. The zero-order chi connectivity index (χ0) is 17.2. The number of fused-ring (bicyclic) bond motifs is 1. The molecule has 1 aliphatic heterocycles. The fraction of sp³-hybridized carbons (Fsp3) is 0.500. The number of hydrogen-bond acceptors (Lipinski definition) is 4. The summed E-state index contributed by atoms with van der Waals surface area (Å²) in [7, 11) is 0. The van der Waals surface area contributed by atoms with Crippen LogP contribution in [0.2, 0.25) is 0 Å². The molecule has 1 saturated heterocycles. The molecular formula is C20H28Cl2N4O. The Kier molecular flexibility index (Phi) is 7.86. The molecule has 0 radical (unpaired) electrons. The number of amides is 1. The summed E-state index contributed by atoms with van der Waals surface area (Å²) in [5.74, 6) is 0.563. The highest BCUT2D eigenvalue weighted by Crippen LogP contribution is 2.40. The summed E-state index contributed by atoms with van der Waals surface area (Å²) in [4.78, 5) is 20.0. The predicted molar refractivity (Wildman–Crippen MR) is 115 cm³/mol. The summed E-state index contributed by atoms with van der Waals surface area (Å²) >= 11 is 0. The number of rotatable bonds is 5. The summed E-state index contributed by atoms with van der Waals surface area (Å²) in [6.45, 7) is 7.83. The first-order valence-corrected chi connectivity index (χ1v) is 9.33. The number of piperazine rings is 1. The van der Waals surface area contributed by atoms with E-state index in [0.717, 1.165) is 60.4 Å². The van der Waals surface area contributed by atoms with Crippen LogP contribution in [-0.4, -0.2) is 55.1 Å². The van der Waals surface area contributed by atoms with Crippen LogP contribution >= 0.6 is 24.8 Å². The molecule has 2 fully saturated rings. The molecule has 1 saturated carbocycles. The molecule has 2 heterocycles. The highest BCUT2D eigenvalue weighted by molar-refractivity contribution is 6.06. The molecule has 1 aromatic carbocycles. The minimum atomic E-state index is 0.